The molecule has 4 aromatic rings. The summed E-state index contributed by atoms with van der Waals surface area (Å²) in [6.07, 6.45) is -1.15. The molecule has 3 saturated heterocycles. The maximum Gasteiger partial charge on any atom is 0.414 e. The number of amides is 4. The minimum atomic E-state index is -3.64. The highest BCUT2D eigenvalue weighted by atomic mass is 32.2. The van der Waals surface area contributed by atoms with Crippen LogP contribution < -0.4 is 20.4 Å². The Bertz CT molecular complexity index is 2750. The number of nitrogens with one attached hydrogen (secondary N) is 4. The van der Waals surface area contributed by atoms with Crippen LogP contribution in [0.5, 0.6) is 0 Å². The van der Waals surface area contributed by atoms with E-state index in [9.17, 15) is 32.4 Å². The molecule has 2 unspecified atom stereocenters. The number of hydrogen-bond donors (Lipinski definition) is 4. The second-order valence-electron chi connectivity index (χ2n) is 15.7. The van der Waals surface area contributed by atoms with E-state index in [4.69, 9.17) is 35.6 Å². The van der Waals surface area contributed by atoms with Crippen molar-refractivity contribution in [2.75, 3.05) is 81.6 Å². The molecule has 3 heterocycles. The number of piperazine rings is 1. The third kappa shape index (κ3) is 14.2. The van der Waals surface area contributed by atoms with Gasteiger partial charge in [-0.15, -0.1) is 0 Å². The van der Waals surface area contributed by atoms with Crippen molar-refractivity contribution in [3.05, 3.63) is 130 Å². The van der Waals surface area contributed by atoms with E-state index in [0.717, 1.165) is 32.4 Å². The summed E-state index contributed by atoms with van der Waals surface area (Å²) >= 11 is 0. The van der Waals surface area contributed by atoms with Crippen molar-refractivity contribution < 1.29 is 50.8 Å². The number of amidine groups is 2. The second kappa shape index (κ2) is 23.1. The molecule has 0 radical (unpaired) electrons. The molecule has 358 valence electrons. The summed E-state index contributed by atoms with van der Waals surface area (Å²) in [5.74, 6) is -1.36. The van der Waals surface area contributed by atoms with Crippen molar-refractivity contribution in [1.29, 1.82) is 21.3 Å². The minimum Gasteiger partial charge on any atom is -0.465 e. The van der Waals surface area contributed by atoms with E-state index >= 15 is 0 Å². The number of hydrogen-bond acceptors (Lipinski definition) is 17. The van der Waals surface area contributed by atoms with Gasteiger partial charge in [0.25, 0.3) is 21.9 Å². The highest BCUT2D eigenvalue weighted by Crippen LogP contribution is 2.24. The van der Waals surface area contributed by atoms with Crippen LogP contribution in [0.4, 0.5) is 21.0 Å². The molecule has 69 heavy (non-hydrogen) atoms. The van der Waals surface area contributed by atoms with E-state index in [-0.39, 0.29) is 36.9 Å². The molecule has 21 nitrogen and oxygen atoms in total. The van der Waals surface area contributed by atoms with Crippen molar-refractivity contribution in [1.82, 2.24) is 20.4 Å². The molecule has 3 fully saturated rings. The molecule has 0 aliphatic carbocycles. The third-order valence-electron chi connectivity index (χ3n) is 10.8. The number of anilines is 2. The first-order chi connectivity index (χ1) is 33.0. The predicted molar refractivity (Wildman–Crippen MR) is 249 cm³/mol. The largest absolute Gasteiger partial charge is 0.465 e. The molecule has 0 saturated carbocycles. The van der Waals surface area contributed by atoms with E-state index in [1.807, 2.05) is 12.1 Å². The highest BCUT2D eigenvalue weighted by molar-refractivity contribution is 7.86. The first-order valence-corrected chi connectivity index (χ1v) is 23.3. The van der Waals surface area contributed by atoms with Crippen LogP contribution in [0, 0.1) is 33.5 Å². The molecule has 4 aromatic carbocycles. The Labute approximate surface area is 397 Å². The Hall–Kier alpha value is -8.02. The Morgan fingerprint density at radius 2 is 1.07 bits per heavy atom. The van der Waals surface area contributed by atoms with Gasteiger partial charge in [0, 0.05) is 66.4 Å². The van der Waals surface area contributed by atoms with Gasteiger partial charge in [-0.1, -0.05) is 0 Å². The van der Waals surface area contributed by atoms with Crippen LogP contribution in [-0.2, 0) is 33.3 Å². The molecule has 3 aliphatic heterocycles. The maximum absolute atomic E-state index is 12.5. The summed E-state index contributed by atoms with van der Waals surface area (Å²) in [5, 5.41) is 39.0. The van der Waals surface area contributed by atoms with Crippen LogP contribution in [-0.4, -0.2) is 144 Å². The van der Waals surface area contributed by atoms with E-state index in [1.54, 1.807) is 72.5 Å². The normalized spacial score (nSPS) is 17.0. The third-order valence-corrected chi connectivity index (χ3v) is 11.3. The van der Waals surface area contributed by atoms with Gasteiger partial charge >= 0.3 is 18.2 Å². The highest BCUT2D eigenvalue weighted by Gasteiger charge is 2.35. The quantitative estimate of drug-likeness (QED) is 0.0463. The summed E-state index contributed by atoms with van der Waals surface area (Å²) in [5.41, 5.74) is 3.56. The fourth-order valence-electron chi connectivity index (χ4n) is 7.18. The molecule has 0 aromatic heterocycles. The molecular formula is C47H48N10O11S. The fraction of sp³-hybridized carbons (Fsp3) is 0.298. The molecule has 3 aliphatic rings. The van der Waals surface area contributed by atoms with E-state index in [1.165, 1.54) is 41.3 Å². The van der Waals surface area contributed by atoms with Crippen molar-refractivity contribution >= 4 is 63.1 Å². The number of nitrogens with zero attached hydrogens (tertiary/aromatic N) is 6. The lowest BCUT2D eigenvalue weighted by Crippen LogP contribution is -2.50. The van der Waals surface area contributed by atoms with E-state index in [2.05, 4.69) is 24.6 Å². The second-order valence-corrected chi connectivity index (χ2v) is 17.4. The van der Waals surface area contributed by atoms with Gasteiger partial charge in [0.2, 0.25) is 0 Å². The first-order valence-electron chi connectivity index (χ1n) is 21.4. The van der Waals surface area contributed by atoms with Gasteiger partial charge in [0.15, 0.2) is 0 Å². The van der Waals surface area contributed by atoms with Gasteiger partial charge in [0.05, 0.1) is 55.8 Å². The van der Waals surface area contributed by atoms with Gasteiger partial charge < -0.3 is 24.8 Å². The number of rotatable bonds is 14. The van der Waals surface area contributed by atoms with Gasteiger partial charge in [-0.25, -0.2) is 9.59 Å². The molecule has 7 rings (SSSR count). The monoisotopic (exact) mass is 960 g/mol. The van der Waals surface area contributed by atoms with Crippen molar-refractivity contribution in [2.45, 2.75) is 19.1 Å². The van der Waals surface area contributed by atoms with Gasteiger partial charge in [-0.05, 0) is 104 Å². The zero-order chi connectivity index (χ0) is 49.7. The zero-order valence-corrected chi connectivity index (χ0v) is 38.4. The van der Waals surface area contributed by atoms with Crippen LogP contribution in [0.2, 0.25) is 0 Å². The Balaban J connectivity index is 0.000000232. The lowest BCUT2D eigenvalue weighted by atomic mass is 10.1. The van der Waals surface area contributed by atoms with E-state index in [0.29, 0.717) is 71.0 Å². The fourth-order valence-corrected chi connectivity index (χ4v) is 7.58. The number of nitriles is 2. The van der Waals surface area contributed by atoms with Crippen molar-refractivity contribution in [2.24, 2.45) is 0 Å². The van der Waals surface area contributed by atoms with E-state index < -0.39 is 40.2 Å². The zero-order valence-electron chi connectivity index (χ0n) is 37.5. The number of carbonyl (C=O) groups is 5. The maximum atomic E-state index is 12.5. The summed E-state index contributed by atoms with van der Waals surface area (Å²) in [6, 6.07) is 29.2. The lowest BCUT2D eigenvalue weighted by molar-refractivity contribution is -0.144. The first kappa shape index (κ1) is 50.4. The number of ether oxygens (including phenoxy) is 3. The topological polar surface area (TPSA) is 289 Å². The molecule has 22 heteroatoms. The molecule has 4 amide bonds. The Morgan fingerprint density at radius 1 is 0.667 bits per heavy atom. The van der Waals surface area contributed by atoms with Gasteiger partial charge in [0.1, 0.15) is 30.5 Å². The van der Waals surface area contributed by atoms with Gasteiger partial charge in [-0.3, -0.25) is 49.0 Å². The average molecular weight is 961 g/mol. The molecule has 4 N–H and O–H groups in total. The van der Waals surface area contributed by atoms with Crippen molar-refractivity contribution in [3.8, 4) is 12.1 Å². The van der Waals surface area contributed by atoms with Crippen LogP contribution in [0.15, 0.2) is 97.1 Å². The summed E-state index contributed by atoms with van der Waals surface area (Å²) in [4.78, 5) is 68.1. The average Bonchev–Trinajstić information content (AvgIpc) is 3.91. The SMILES string of the molecule is CCOC(=O)CN1CCN(CC2CN(c3ccc(C(=N)NC(=O)c4ccc(C#N)cc4)cc3)C(=O)O2)CC1.CS(=O)(=O)OCC1CN(c2ccc(C(=N)NC(=O)c3ccc(C#N)cc3)cc2)C(=O)O1. The Morgan fingerprint density at radius 3 is 1.49 bits per heavy atom. The summed E-state index contributed by atoms with van der Waals surface area (Å²) in [6.45, 7) is 6.37. The van der Waals surface area contributed by atoms with Crippen LogP contribution in [0.3, 0.4) is 0 Å². The number of benzene rings is 4. The van der Waals surface area contributed by atoms with Crippen LogP contribution in [0.25, 0.3) is 0 Å². The van der Waals surface area contributed by atoms with Crippen LogP contribution in [0.1, 0.15) is 49.9 Å². The van der Waals surface area contributed by atoms with Gasteiger partial charge in [-0.2, -0.15) is 18.9 Å². The number of esters is 1. The van der Waals surface area contributed by atoms with Crippen molar-refractivity contribution in [3.63, 3.8) is 0 Å². The molecular weight excluding hydrogens is 913 g/mol. The predicted octanol–water partition coefficient (Wildman–Crippen LogP) is 3.43. The Kier molecular flexibility index (Phi) is 16.9. The smallest absolute Gasteiger partial charge is 0.414 e. The molecule has 0 bridgehead atoms. The minimum absolute atomic E-state index is 0.0742. The number of carbonyl (C=O) groups excluding carboxylic acids is 5. The molecule has 0 spiro atoms. The summed E-state index contributed by atoms with van der Waals surface area (Å²) in [7, 11) is -3.64. The standard InChI is InChI=1S/C27H30N6O5.C20H18N4O6S/c1-2-37-24(34)18-32-13-11-31(12-14-32)16-23-17-33(27(36)38-23)22-9-7-20(8-10-22)25(29)30-26(35)21-5-3-19(15-28)4-6-21;1-31(27,28)29-12-17-11-24(20(26)30-17)16-8-6-14(7-9-16)18(22)23-19(25)15-4-2-13(10-21)3-5-15/h3-10,23H,2,11-14,16-18H2,1H3,(H2,29,30,35);2-9,17H,11-12H2,1H3,(H2,22,23,25). The lowest BCUT2D eigenvalue weighted by Gasteiger charge is -2.34. The number of cyclic esters (lactones) is 2. The van der Waals surface area contributed by atoms with Crippen LogP contribution >= 0.6 is 0 Å². The molecule has 2 atom stereocenters. The summed E-state index contributed by atoms with van der Waals surface area (Å²) < 4.78 is 42.5.